The number of halogens is 3. The van der Waals surface area contributed by atoms with Crippen molar-refractivity contribution in [1.29, 1.82) is 0 Å². The maximum Gasteiger partial charge on any atom is 0.128 e. The molecule has 1 fully saturated rings. The minimum absolute atomic E-state index is 0.215. The van der Waals surface area contributed by atoms with Crippen LogP contribution in [-0.4, -0.2) is 37.6 Å². The fraction of sp³-hybridized carbons (Fsp3) is 0.500. The molecule has 0 unspecified atom stereocenters. The van der Waals surface area contributed by atoms with Crippen LogP contribution in [-0.2, 0) is 6.42 Å². The summed E-state index contributed by atoms with van der Waals surface area (Å²) in [5, 5.41) is 3.80. The summed E-state index contributed by atoms with van der Waals surface area (Å²) in [5.74, 6) is -0.215. The van der Waals surface area contributed by atoms with Gasteiger partial charge >= 0.3 is 0 Å². The van der Waals surface area contributed by atoms with E-state index in [0.29, 0.717) is 17.0 Å². The van der Waals surface area contributed by atoms with Gasteiger partial charge in [-0.3, -0.25) is 0 Å². The third kappa shape index (κ3) is 3.41. The number of hydrogen-bond donors (Lipinski definition) is 1. The molecule has 0 amide bonds. The van der Waals surface area contributed by atoms with Crippen molar-refractivity contribution < 1.29 is 4.39 Å². The molecule has 0 atom stereocenters. The first-order valence-electron chi connectivity index (χ1n) is 5.74. The zero-order chi connectivity index (χ0) is 12.3. The lowest BCUT2D eigenvalue weighted by Gasteiger charge is -2.27. The van der Waals surface area contributed by atoms with Gasteiger partial charge in [-0.1, -0.05) is 11.6 Å². The molecule has 0 bridgehead atoms. The molecule has 1 heterocycles. The zero-order valence-electron chi connectivity index (χ0n) is 9.48. The van der Waals surface area contributed by atoms with E-state index in [1.165, 1.54) is 6.07 Å². The molecule has 0 saturated carbocycles. The standard InChI is InChI=1S/C12H15BrClFN2/c13-10-1-2-11(15)9(12(10)14)3-6-17-7-4-16-5-8-17/h1-2,16H,3-8H2. The summed E-state index contributed by atoms with van der Waals surface area (Å²) in [6.07, 6.45) is 0.657. The third-order valence-electron chi connectivity index (χ3n) is 3.03. The lowest BCUT2D eigenvalue weighted by atomic mass is 10.1. The van der Waals surface area contributed by atoms with Crippen molar-refractivity contribution in [2.75, 3.05) is 32.7 Å². The van der Waals surface area contributed by atoms with Crippen molar-refractivity contribution in [2.24, 2.45) is 0 Å². The van der Waals surface area contributed by atoms with Crippen molar-refractivity contribution in [2.45, 2.75) is 6.42 Å². The van der Waals surface area contributed by atoms with Crippen LogP contribution in [0, 0.1) is 5.82 Å². The summed E-state index contributed by atoms with van der Waals surface area (Å²) in [6, 6.07) is 3.11. The molecule has 1 aromatic carbocycles. The van der Waals surface area contributed by atoms with Crippen molar-refractivity contribution in [1.82, 2.24) is 10.2 Å². The molecule has 1 N–H and O–H groups in total. The van der Waals surface area contributed by atoms with Gasteiger partial charge in [-0.2, -0.15) is 0 Å². The largest absolute Gasteiger partial charge is 0.314 e. The first-order chi connectivity index (χ1) is 8.18. The van der Waals surface area contributed by atoms with Gasteiger partial charge in [0.15, 0.2) is 0 Å². The quantitative estimate of drug-likeness (QED) is 0.861. The minimum Gasteiger partial charge on any atom is -0.314 e. The van der Waals surface area contributed by atoms with Crippen molar-refractivity contribution in [3.8, 4) is 0 Å². The summed E-state index contributed by atoms with van der Waals surface area (Å²) >= 11 is 9.42. The fourth-order valence-electron chi connectivity index (χ4n) is 2.00. The average molecular weight is 322 g/mol. The predicted octanol–water partition coefficient (Wildman–Crippen LogP) is 2.69. The maximum absolute atomic E-state index is 13.6. The molecule has 0 aromatic heterocycles. The second kappa shape index (κ2) is 6.14. The lowest BCUT2D eigenvalue weighted by molar-refractivity contribution is 0.243. The van der Waals surface area contributed by atoms with Crippen LogP contribution in [0.2, 0.25) is 5.02 Å². The Morgan fingerprint density at radius 1 is 1.35 bits per heavy atom. The molecule has 2 rings (SSSR count). The van der Waals surface area contributed by atoms with Gasteiger partial charge in [-0.15, -0.1) is 0 Å². The molecular formula is C12H15BrClFN2. The van der Waals surface area contributed by atoms with Crippen LogP contribution in [0.5, 0.6) is 0 Å². The Morgan fingerprint density at radius 2 is 2.06 bits per heavy atom. The Morgan fingerprint density at radius 3 is 2.76 bits per heavy atom. The monoisotopic (exact) mass is 320 g/mol. The van der Waals surface area contributed by atoms with Crippen molar-refractivity contribution in [3.63, 3.8) is 0 Å². The van der Waals surface area contributed by atoms with Crippen LogP contribution < -0.4 is 5.32 Å². The summed E-state index contributed by atoms with van der Waals surface area (Å²) in [4.78, 5) is 2.33. The molecule has 1 saturated heterocycles. The van der Waals surface area contributed by atoms with E-state index in [4.69, 9.17) is 11.6 Å². The summed E-state index contributed by atoms with van der Waals surface area (Å²) in [7, 11) is 0. The van der Waals surface area contributed by atoms with E-state index in [1.54, 1.807) is 6.07 Å². The predicted molar refractivity (Wildman–Crippen MR) is 72.1 cm³/mol. The van der Waals surface area contributed by atoms with Crippen LogP contribution in [0.3, 0.4) is 0 Å². The number of hydrogen-bond acceptors (Lipinski definition) is 2. The second-order valence-corrected chi connectivity index (χ2v) is 5.40. The number of nitrogens with one attached hydrogen (secondary N) is 1. The number of piperazine rings is 1. The van der Waals surface area contributed by atoms with Crippen LogP contribution in [0.15, 0.2) is 16.6 Å². The number of rotatable bonds is 3. The normalized spacial score (nSPS) is 17.4. The summed E-state index contributed by atoms with van der Waals surface area (Å²) < 4.78 is 14.4. The Kier molecular flexibility index (Phi) is 4.79. The van der Waals surface area contributed by atoms with Crippen LogP contribution >= 0.6 is 27.5 Å². The zero-order valence-corrected chi connectivity index (χ0v) is 11.8. The van der Waals surface area contributed by atoms with E-state index in [0.717, 1.165) is 37.2 Å². The number of benzene rings is 1. The molecule has 0 aliphatic carbocycles. The van der Waals surface area contributed by atoms with Gasteiger partial charge in [0.05, 0.1) is 5.02 Å². The van der Waals surface area contributed by atoms with Gasteiger partial charge < -0.3 is 10.2 Å². The highest BCUT2D eigenvalue weighted by Gasteiger charge is 2.14. The van der Waals surface area contributed by atoms with E-state index in [2.05, 4.69) is 26.1 Å². The van der Waals surface area contributed by atoms with E-state index < -0.39 is 0 Å². The Hall–Kier alpha value is -0.160. The first kappa shape index (κ1) is 13.3. The minimum atomic E-state index is -0.215. The molecule has 2 nitrogen and oxygen atoms in total. The van der Waals surface area contributed by atoms with Crippen LogP contribution in [0.1, 0.15) is 5.56 Å². The fourth-order valence-corrected chi connectivity index (χ4v) is 2.62. The van der Waals surface area contributed by atoms with Gasteiger partial charge in [0.2, 0.25) is 0 Å². The average Bonchev–Trinajstić information content (AvgIpc) is 2.35. The van der Waals surface area contributed by atoms with E-state index >= 15 is 0 Å². The van der Waals surface area contributed by atoms with Gasteiger partial charge in [0, 0.05) is 42.8 Å². The van der Waals surface area contributed by atoms with Gasteiger partial charge in [-0.25, -0.2) is 4.39 Å². The lowest BCUT2D eigenvalue weighted by Crippen LogP contribution is -2.44. The van der Waals surface area contributed by atoms with Gasteiger partial charge in [0.25, 0.3) is 0 Å². The highest BCUT2D eigenvalue weighted by molar-refractivity contribution is 9.10. The molecule has 94 valence electrons. The summed E-state index contributed by atoms with van der Waals surface area (Å²) in [6.45, 7) is 4.92. The second-order valence-electron chi connectivity index (χ2n) is 4.16. The molecule has 1 aromatic rings. The van der Waals surface area contributed by atoms with E-state index in [1.807, 2.05) is 0 Å². The number of nitrogens with zero attached hydrogens (tertiary/aromatic N) is 1. The molecule has 17 heavy (non-hydrogen) atoms. The molecule has 1 aliphatic heterocycles. The van der Waals surface area contributed by atoms with Gasteiger partial charge in [-0.05, 0) is 34.5 Å². The Labute approximate surface area is 114 Å². The highest BCUT2D eigenvalue weighted by atomic mass is 79.9. The topological polar surface area (TPSA) is 15.3 Å². The molecular weight excluding hydrogens is 307 g/mol. The van der Waals surface area contributed by atoms with Crippen molar-refractivity contribution in [3.05, 3.63) is 33.0 Å². The van der Waals surface area contributed by atoms with Crippen LogP contribution in [0.25, 0.3) is 0 Å². The molecule has 0 spiro atoms. The Bertz CT molecular complexity index is 394. The maximum atomic E-state index is 13.6. The molecule has 5 heteroatoms. The Balaban J connectivity index is 2.00. The SMILES string of the molecule is Fc1ccc(Br)c(Cl)c1CCN1CCNCC1. The van der Waals surface area contributed by atoms with Crippen molar-refractivity contribution >= 4 is 27.5 Å². The van der Waals surface area contributed by atoms with E-state index in [-0.39, 0.29) is 5.82 Å². The first-order valence-corrected chi connectivity index (χ1v) is 6.91. The smallest absolute Gasteiger partial charge is 0.128 e. The van der Waals surface area contributed by atoms with E-state index in [9.17, 15) is 4.39 Å². The highest BCUT2D eigenvalue weighted by Crippen LogP contribution is 2.28. The van der Waals surface area contributed by atoms with Crippen LogP contribution in [0.4, 0.5) is 4.39 Å². The molecule has 0 radical (unpaired) electrons. The van der Waals surface area contributed by atoms with Gasteiger partial charge in [0.1, 0.15) is 5.82 Å². The third-order valence-corrected chi connectivity index (χ3v) is 4.35. The summed E-state index contributed by atoms with van der Waals surface area (Å²) in [5.41, 5.74) is 0.611. The molecule has 1 aliphatic rings.